The summed E-state index contributed by atoms with van der Waals surface area (Å²) in [5.74, 6) is 0.0833. The van der Waals surface area contributed by atoms with E-state index in [1.807, 2.05) is 0 Å². The van der Waals surface area contributed by atoms with E-state index in [9.17, 15) is 8.42 Å². The van der Waals surface area contributed by atoms with Gasteiger partial charge < -0.3 is 11.5 Å². The molecule has 0 radical (unpaired) electrons. The summed E-state index contributed by atoms with van der Waals surface area (Å²) in [6.45, 7) is 2.89. The molecule has 0 aliphatic carbocycles. The van der Waals surface area contributed by atoms with Crippen molar-refractivity contribution in [3.8, 4) is 0 Å². The Labute approximate surface area is 150 Å². The van der Waals surface area contributed by atoms with Crippen LogP contribution in [0.2, 0.25) is 0 Å². The van der Waals surface area contributed by atoms with Gasteiger partial charge in [0.25, 0.3) is 10.1 Å². The lowest BCUT2D eigenvalue weighted by Crippen LogP contribution is -2.28. The maximum absolute atomic E-state index is 11.8. The van der Waals surface area contributed by atoms with Gasteiger partial charge in [0, 0.05) is 0 Å². The number of rotatable bonds is 18. The normalized spacial score (nSPS) is 13.3. The second kappa shape index (κ2) is 16.3. The minimum atomic E-state index is -3.48. The molecule has 0 amide bonds. The van der Waals surface area contributed by atoms with Crippen LogP contribution in [-0.2, 0) is 14.3 Å². The first kappa shape index (κ1) is 23.8. The van der Waals surface area contributed by atoms with E-state index in [2.05, 4.69) is 6.92 Å². The highest BCUT2D eigenvalue weighted by Gasteiger charge is 2.15. The van der Waals surface area contributed by atoms with E-state index in [1.54, 1.807) is 0 Å². The van der Waals surface area contributed by atoms with Crippen LogP contribution in [0.5, 0.6) is 0 Å². The van der Waals surface area contributed by atoms with Crippen molar-refractivity contribution >= 4 is 10.1 Å². The molecule has 0 aliphatic rings. The largest absolute Gasteiger partial charge is 0.330 e. The molecule has 0 rings (SSSR count). The summed E-state index contributed by atoms with van der Waals surface area (Å²) < 4.78 is 28.7. The maximum atomic E-state index is 11.8. The summed E-state index contributed by atoms with van der Waals surface area (Å²) >= 11 is 0. The molecule has 0 saturated heterocycles. The first-order valence-corrected chi connectivity index (χ1v) is 11.5. The van der Waals surface area contributed by atoms with Gasteiger partial charge in [-0.3, -0.25) is 4.18 Å². The molecular weight excluding hydrogens is 324 g/mol. The van der Waals surface area contributed by atoms with E-state index in [0.29, 0.717) is 19.4 Å². The lowest BCUT2D eigenvalue weighted by Gasteiger charge is -2.12. The molecule has 0 fully saturated rings. The predicted octanol–water partition coefficient (Wildman–Crippen LogP) is 4.06. The predicted molar refractivity (Wildman–Crippen MR) is 102 cm³/mol. The zero-order chi connectivity index (χ0) is 18.1. The molecule has 4 N–H and O–H groups in total. The summed E-state index contributed by atoms with van der Waals surface area (Å²) in [5.41, 5.74) is 11.1. The second-order valence-corrected chi connectivity index (χ2v) is 8.43. The van der Waals surface area contributed by atoms with Crippen molar-refractivity contribution in [2.24, 2.45) is 11.5 Å². The molecule has 24 heavy (non-hydrogen) atoms. The van der Waals surface area contributed by atoms with Crippen molar-refractivity contribution in [3.63, 3.8) is 0 Å². The van der Waals surface area contributed by atoms with Gasteiger partial charge in [0.1, 0.15) is 6.23 Å². The van der Waals surface area contributed by atoms with Gasteiger partial charge >= 0.3 is 0 Å². The van der Waals surface area contributed by atoms with Gasteiger partial charge in [-0.25, -0.2) is 0 Å². The molecule has 1 unspecified atom stereocenters. The van der Waals surface area contributed by atoms with Gasteiger partial charge in [0.05, 0.1) is 5.75 Å². The SMILES string of the molecule is CCCCCCCCCCCCS(=O)(=O)OC(N)CCCCCN. The molecule has 0 aromatic rings. The Balaban J connectivity index is 3.53. The average molecular weight is 365 g/mol. The molecule has 6 heteroatoms. The smallest absolute Gasteiger partial charge is 0.268 e. The van der Waals surface area contributed by atoms with Crippen molar-refractivity contribution in [1.82, 2.24) is 0 Å². The third kappa shape index (κ3) is 16.7. The van der Waals surface area contributed by atoms with Crippen LogP contribution in [-0.4, -0.2) is 26.9 Å². The van der Waals surface area contributed by atoms with Crippen LogP contribution in [0, 0.1) is 0 Å². The molecule has 1 atom stereocenters. The zero-order valence-electron chi connectivity index (χ0n) is 15.7. The van der Waals surface area contributed by atoms with Gasteiger partial charge in [-0.15, -0.1) is 0 Å². The van der Waals surface area contributed by atoms with Crippen LogP contribution in [0.4, 0.5) is 0 Å². The maximum Gasteiger partial charge on any atom is 0.268 e. The standard InChI is InChI=1S/C18H40N2O3S/c1-2-3-4-5-6-7-8-9-10-14-17-24(21,22)23-18(20)15-12-11-13-16-19/h18H,2-17,19-20H2,1H3. The van der Waals surface area contributed by atoms with Crippen molar-refractivity contribution in [2.75, 3.05) is 12.3 Å². The Morgan fingerprint density at radius 3 is 1.83 bits per heavy atom. The highest BCUT2D eigenvalue weighted by molar-refractivity contribution is 7.86. The minimum absolute atomic E-state index is 0.0833. The Kier molecular flexibility index (Phi) is 16.2. The summed E-state index contributed by atoms with van der Waals surface area (Å²) in [6, 6.07) is 0. The van der Waals surface area contributed by atoms with Crippen LogP contribution in [0.25, 0.3) is 0 Å². The lowest BCUT2D eigenvalue weighted by molar-refractivity contribution is 0.202. The highest BCUT2D eigenvalue weighted by Crippen LogP contribution is 2.12. The number of hydrogen-bond acceptors (Lipinski definition) is 5. The van der Waals surface area contributed by atoms with Crippen molar-refractivity contribution in [2.45, 2.75) is 103 Å². The molecule has 0 aromatic carbocycles. The molecule has 0 aromatic heterocycles. The summed E-state index contributed by atoms with van der Waals surface area (Å²) in [6.07, 6.45) is 14.4. The Hall–Kier alpha value is -0.170. The molecule has 0 heterocycles. The molecular formula is C18H40N2O3S. The first-order valence-electron chi connectivity index (χ1n) is 9.88. The van der Waals surface area contributed by atoms with Gasteiger partial charge in [-0.1, -0.05) is 71.1 Å². The Morgan fingerprint density at radius 1 is 0.792 bits per heavy atom. The molecule has 5 nitrogen and oxygen atoms in total. The van der Waals surface area contributed by atoms with Crippen molar-refractivity contribution in [1.29, 1.82) is 0 Å². The first-order chi connectivity index (χ1) is 11.5. The van der Waals surface area contributed by atoms with E-state index in [-0.39, 0.29) is 5.75 Å². The third-order valence-corrected chi connectivity index (χ3v) is 5.54. The fraction of sp³-hybridized carbons (Fsp3) is 1.00. The quantitative estimate of drug-likeness (QED) is 0.217. The van der Waals surface area contributed by atoms with Crippen LogP contribution in [0.3, 0.4) is 0 Å². The second-order valence-electron chi connectivity index (χ2n) is 6.72. The van der Waals surface area contributed by atoms with Crippen LogP contribution < -0.4 is 11.5 Å². The lowest BCUT2D eigenvalue weighted by atomic mass is 10.1. The van der Waals surface area contributed by atoms with E-state index >= 15 is 0 Å². The van der Waals surface area contributed by atoms with Crippen LogP contribution >= 0.6 is 0 Å². The topological polar surface area (TPSA) is 95.4 Å². The molecule has 0 saturated carbocycles. The number of nitrogens with two attached hydrogens (primary N) is 2. The van der Waals surface area contributed by atoms with Crippen molar-refractivity contribution in [3.05, 3.63) is 0 Å². The molecule has 146 valence electrons. The van der Waals surface area contributed by atoms with E-state index < -0.39 is 16.3 Å². The summed E-state index contributed by atoms with van der Waals surface area (Å²) in [4.78, 5) is 0. The van der Waals surface area contributed by atoms with Gasteiger partial charge in [0.15, 0.2) is 0 Å². The summed E-state index contributed by atoms with van der Waals surface area (Å²) in [5, 5.41) is 0. The third-order valence-electron chi connectivity index (χ3n) is 4.21. The average Bonchev–Trinajstić information content (AvgIpc) is 2.53. The Morgan fingerprint density at radius 2 is 1.29 bits per heavy atom. The van der Waals surface area contributed by atoms with E-state index in [4.69, 9.17) is 15.7 Å². The zero-order valence-corrected chi connectivity index (χ0v) is 16.5. The van der Waals surface area contributed by atoms with Crippen LogP contribution in [0.1, 0.15) is 96.8 Å². The van der Waals surface area contributed by atoms with Crippen LogP contribution in [0.15, 0.2) is 0 Å². The van der Waals surface area contributed by atoms with E-state index in [0.717, 1.165) is 32.1 Å². The Bertz CT molecular complexity index is 361. The monoisotopic (exact) mass is 364 g/mol. The van der Waals surface area contributed by atoms with Gasteiger partial charge in [-0.2, -0.15) is 8.42 Å². The molecule has 0 spiro atoms. The molecule has 0 bridgehead atoms. The number of hydrogen-bond donors (Lipinski definition) is 2. The number of unbranched alkanes of at least 4 members (excludes halogenated alkanes) is 11. The molecule has 0 aliphatic heterocycles. The van der Waals surface area contributed by atoms with Gasteiger partial charge in [0.2, 0.25) is 0 Å². The highest BCUT2D eigenvalue weighted by atomic mass is 32.2. The fourth-order valence-electron chi connectivity index (χ4n) is 2.72. The fourth-order valence-corrected chi connectivity index (χ4v) is 3.84. The minimum Gasteiger partial charge on any atom is -0.330 e. The summed E-state index contributed by atoms with van der Waals surface area (Å²) in [7, 11) is -3.48. The van der Waals surface area contributed by atoms with Gasteiger partial charge in [-0.05, 0) is 32.2 Å². The van der Waals surface area contributed by atoms with E-state index in [1.165, 1.54) is 44.9 Å². The van der Waals surface area contributed by atoms with Crippen molar-refractivity contribution < 1.29 is 12.6 Å².